The van der Waals surface area contributed by atoms with Crippen LogP contribution >= 0.6 is 0 Å². The van der Waals surface area contributed by atoms with Crippen LogP contribution in [0.5, 0.6) is 11.5 Å². The van der Waals surface area contributed by atoms with Crippen LogP contribution < -0.4 is 20.1 Å². The van der Waals surface area contributed by atoms with Gasteiger partial charge < -0.3 is 24.8 Å². The summed E-state index contributed by atoms with van der Waals surface area (Å²) in [5, 5.41) is 5.65. The smallest absolute Gasteiger partial charge is 0.435 e. The lowest BCUT2D eigenvalue weighted by atomic mass is 9.94. The molecule has 0 spiro atoms. The number of halogens is 3. The summed E-state index contributed by atoms with van der Waals surface area (Å²) >= 11 is 0. The van der Waals surface area contributed by atoms with Crippen molar-refractivity contribution in [2.24, 2.45) is 0 Å². The van der Waals surface area contributed by atoms with Gasteiger partial charge in [0.15, 0.2) is 17.2 Å². The van der Waals surface area contributed by atoms with Crippen LogP contribution in [0.3, 0.4) is 0 Å². The number of carbonyl (C=O) groups excluding carboxylic acids is 1. The van der Waals surface area contributed by atoms with Gasteiger partial charge >= 0.3 is 12.2 Å². The molecule has 0 bridgehead atoms. The molecule has 0 saturated carbocycles. The zero-order valence-electron chi connectivity index (χ0n) is 19.5. The predicted octanol–water partition coefficient (Wildman–Crippen LogP) is 4.22. The van der Waals surface area contributed by atoms with E-state index in [2.05, 4.69) is 20.5 Å². The zero-order chi connectivity index (χ0) is 25.3. The number of nitrogens with one attached hydrogen (secondary N) is 2. The number of benzene rings is 2. The highest BCUT2D eigenvalue weighted by atomic mass is 19.4. The lowest BCUT2D eigenvalue weighted by Crippen LogP contribution is -2.42. The number of hydrogen-bond acceptors (Lipinski definition) is 6. The lowest BCUT2D eigenvalue weighted by Gasteiger charge is -2.21. The molecule has 2 aliphatic heterocycles. The highest BCUT2D eigenvalue weighted by Crippen LogP contribution is 2.40. The molecule has 36 heavy (non-hydrogen) atoms. The van der Waals surface area contributed by atoms with Crippen molar-refractivity contribution in [2.45, 2.75) is 18.1 Å². The Hall–Kier alpha value is -3.57. The van der Waals surface area contributed by atoms with Gasteiger partial charge in [-0.05, 0) is 17.7 Å². The fourth-order valence-electron chi connectivity index (χ4n) is 4.67. The molecular formula is C25H25F3N4O4. The van der Waals surface area contributed by atoms with E-state index < -0.39 is 23.6 Å². The van der Waals surface area contributed by atoms with Crippen LogP contribution in [0.15, 0.2) is 48.5 Å². The highest BCUT2D eigenvalue weighted by Gasteiger charge is 2.38. The summed E-state index contributed by atoms with van der Waals surface area (Å²) in [6, 6.07) is 12.9. The maximum atomic E-state index is 13.8. The van der Waals surface area contributed by atoms with Crippen molar-refractivity contribution >= 4 is 22.6 Å². The number of hydrogen-bond donors (Lipinski definition) is 2. The fraction of sp³-hybridized carbons (Fsp3) is 0.360. The quantitative estimate of drug-likeness (QED) is 0.525. The third-order valence-corrected chi connectivity index (χ3v) is 6.38. The number of fused-ring (bicyclic) bond motifs is 2. The average Bonchev–Trinajstić information content (AvgIpc) is 3.47. The molecule has 8 nitrogen and oxygen atoms in total. The van der Waals surface area contributed by atoms with Gasteiger partial charge in [0.1, 0.15) is 0 Å². The van der Waals surface area contributed by atoms with E-state index >= 15 is 0 Å². The molecule has 5 rings (SSSR count). The molecular weight excluding hydrogens is 477 g/mol. The largest absolute Gasteiger partial charge is 0.454 e. The first-order valence-corrected chi connectivity index (χ1v) is 11.5. The molecule has 2 atom stereocenters. The summed E-state index contributed by atoms with van der Waals surface area (Å²) in [7, 11) is 1.62. The number of alkyl halides is 3. The number of methoxy groups -OCH3 is 1. The molecule has 2 aliphatic rings. The second-order valence-corrected chi connectivity index (χ2v) is 8.75. The molecule has 0 unspecified atom stereocenters. The van der Waals surface area contributed by atoms with Crippen LogP contribution in [0.4, 0.5) is 23.7 Å². The average molecular weight is 502 g/mol. The number of nitrogens with zero attached hydrogens (tertiary/aromatic N) is 2. The molecule has 2 aromatic carbocycles. The number of anilines is 1. The molecule has 3 aromatic rings. The predicted molar refractivity (Wildman–Crippen MR) is 126 cm³/mol. The van der Waals surface area contributed by atoms with Crippen molar-refractivity contribution in [2.75, 3.05) is 45.5 Å². The highest BCUT2D eigenvalue weighted by molar-refractivity contribution is 5.94. The third-order valence-electron chi connectivity index (χ3n) is 6.38. The van der Waals surface area contributed by atoms with Crippen molar-refractivity contribution in [3.63, 3.8) is 0 Å². The van der Waals surface area contributed by atoms with E-state index in [0.717, 1.165) is 5.56 Å². The second kappa shape index (κ2) is 9.82. The Kier molecular flexibility index (Phi) is 6.59. The topological polar surface area (TPSA) is 85.0 Å². The first kappa shape index (κ1) is 24.1. The van der Waals surface area contributed by atoms with Crippen molar-refractivity contribution in [1.29, 1.82) is 0 Å². The molecule has 0 radical (unpaired) electrons. The number of amides is 2. The van der Waals surface area contributed by atoms with Crippen LogP contribution in [0, 0.1) is 0 Å². The minimum atomic E-state index is -4.77. The summed E-state index contributed by atoms with van der Waals surface area (Å²) in [4.78, 5) is 18.9. The first-order chi connectivity index (χ1) is 17.3. The molecule has 1 fully saturated rings. The van der Waals surface area contributed by atoms with E-state index in [-0.39, 0.29) is 24.3 Å². The third kappa shape index (κ3) is 5.02. The number of pyridine rings is 1. The normalized spacial score (nSPS) is 19.6. The molecule has 2 N–H and O–H groups in total. The molecule has 0 aliphatic carbocycles. The van der Waals surface area contributed by atoms with Crippen molar-refractivity contribution in [3.05, 3.63) is 59.8 Å². The maximum absolute atomic E-state index is 13.8. The Bertz CT molecular complexity index is 1260. The number of aromatic nitrogens is 1. The zero-order valence-corrected chi connectivity index (χ0v) is 19.5. The Labute approximate surface area is 205 Å². The van der Waals surface area contributed by atoms with E-state index in [0.29, 0.717) is 43.1 Å². The van der Waals surface area contributed by atoms with Crippen LogP contribution in [0.1, 0.15) is 17.2 Å². The van der Waals surface area contributed by atoms with Gasteiger partial charge in [-0.25, -0.2) is 9.78 Å². The lowest BCUT2D eigenvalue weighted by molar-refractivity contribution is -0.140. The minimum Gasteiger partial charge on any atom is -0.454 e. The van der Waals surface area contributed by atoms with E-state index in [1.54, 1.807) is 13.2 Å². The van der Waals surface area contributed by atoms with Crippen molar-refractivity contribution in [1.82, 2.24) is 15.2 Å². The van der Waals surface area contributed by atoms with Gasteiger partial charge in [0.05, 0.1) is 23.9 Å². The van der Waals surface area contributed by atoms with Crippen LogP contribution in [-0.4, -0.2) is 62.1 Å². The molecule has 1 aromatic heterocycles. The molecule has 190 valence electrons. The van der Waals surface area contributed by atoms with E-state index in [4.69, 9.17) is 14.2 Å². The molecule has 11 heteroatoms. The monoisotopic (exact) mass is 502 g/mol. The minimum absolute atomic E-state index is 0.0172. The Balaban J connectivity index is 1.39. The Morgan fingerprint density at radius 3 is 2.61 bits per heavy atom. The fourth-order valence-corrected chi connectivity index (χ4v) is 4.67. The number of urea groups is 1. The summed E-state index contributed by atoms with van der Waals surface area (Å²) in [5.41, 5.74) is -0.484. The SMILES string of the molecule is COCCN1C[C@@H](NC(=O)Nc2cc3cc4c(cc3nc2C(F)(F)F)OCO4)[C@H](c2ccccc2)C1. The van der Waals surface area contributed by atoms with Crippen LogP contribution in [0.25, 0.3) is 10.9 Å². The summed E-state index contributed by atoms with van der Waals surface area (Å²) in [6.07, 6.45) is -4.77. The number of ether oxygens (including phenoxy) is 3. The van der Waals surface area contributed by atoms with Gasteiger partial charge in [0.2, 0.25) is 6.79 Å². The van der Waals surface area contributed by atoms with Crippen molar-refractivity contribution < 1.29 is 32.2 Å². The summed E-state index contributed by atoms with van der Waals surface area (Å²) in [5.74, 6) is 0.713. The standard InChI is InChI=1S/C25H25F3N4O4/c1-34-8-7-32-12-17(15-5-3-2-4-6-15)20(13-32)31-24(33)30-19-9-16-10-21-22(36-14-35-21)11-18(16)29-23(19)25(26,27)28/h2-6,9-11,17,20H,7-8,12-14H2,1H3,(H2,30,31,33)/t17-,20+/m0/s1. The number of rotatable bonds is 6. The number of likely N-dealkylation sites (tertiary alicyclic amines) is 1. The summed E-state index contributed by atoms with van der Waals surface area (Å²) in [6.45, 7) is 2.44. The Morgan fingerprint density at radius 1 is 1.14 bits per heavy atom. The maximum Gasteiger partial charge on any atom is 0.435 e. The van der Waals surface area contributed by atoms with Gasteiger partial charge in [-0.1, -0.05) is 30.3 Å². The second-order valence-electron chi connectivity index (χ2n) is 8.75. The first-order valence-electron chi connectivity index (χ1n) is 11.5. The van der Waals surface area contributed by atoms with Gasteiger partial charge in [-0.2, -0.15) is 13.2 Å². The molecule has 3 heterocycles. The van der Waals surface area contributed by atoms with Gasteiger partial charge in [0.25, 0.3) is 0 Å². The van der Waals surface area contributed by atoms with Crippen LogP contribution in [-0.2, 0) is 10.9 Å². The van der Waals surface area contributed by atoms with Gasteiger partial charge in [-0.3, -0.25) is 4.90 Å². The summed E-state index contributed by atoms with van der Waals surface area (Å²) < 4.78 is 57.3. The van der Waals surface area contributed by atoms with Crippen molar-refractivity contribution in [3.8, 4) is 11.5 Å². The number of carbonyl (C=O) groups is 1. The van der Waals surface area contributed by atoms with Gasteiger partial charge in [-0.15, -0.1) is 0 Å². The van der Waals surface area contributed by atoms with Gasteiger partial charge in [0, 0.05) is 44.1 Å². The van der Waals surface area contributed by atoms with E-state index in [1.807, 2.05) is 30.3 Å². The molecule has 1 saturated heterocycles. The van der Waals surface area contributed by atoms with E-state index in [1.165, 1.54) is 12.1 Å². The van der Waals surface area contributed by atoms with E-state index in [9.17, 15) is 18.0 Å². The molecule has 2 amide bonds. The van der Waals surface area contributed by atoms with Crippen LogP contribution in [0.2, 0.25) is 0 Å². The Morgan fingerprint density at radius 2 is 1.89 bits per heavy atom.